The zero-order valence-corrected chi connectivity index (χ0v) is 12.3. The number of halogens is 1. The number of rotatable bonds is 4. The van der Waals surface area contributed by atoms with Crippen LogP contribution >= 0.6 is 15.9 Å². The highest BCUT2D eigenvalue weighted by molar-refractivity contribution is 9.10. The van der Waals surface area contributed by atoms with E-state index in [0.717, 1.165) is 15.8 Å². The molecule has 0 bridgehead atoms. The van der Waals surface area contributed by atoms with Crippen LogP contribution in [0.4, 0.5) is 0 Å². The van der Waals surface area contributed by atoms with E-state index in [1.54, 1.807) is 7.11 Å². The Morgan fingerprint density at radius 3 is 2.89 bits per heavy atom. The standard InChI is InChI=1S/C13H18BrN3O/c1-17(11-5-6-11)13(15)16-8-9-3-4-10(14)7-12(9)18-2/h3-4,7,11H,5-6,8H2,1-2H3,(H2,15,16). The molecule has 2 N–H and O–H groups in total. The molecule has 4 nitrogen and oxygen atoms in total. The number of nitrogens with zero attached hydrogens (tertiary/aromatic N) is 2. The van der Waals surface area contributed by atoms with E-state index in [9.17, 15) is 0 Å². The largest absolute Gasteiger partial charge is 0.496 e. The Kier molecular flexibility index (Phi) is 4.11. The molecule has 0 aliphatic heterocycles. The van der Waals surface area contributed by atoms with E-state index in [4.69, 9.17) is 10.5 Å². The Morgan fingerprint density at radius 1 is 1.56 bits per heavy atom. The number of aliphatic imine (C=N–C) groups is 1. The minimum atomic E-state index is 0.541. The minimum Gasteiger partial charge on any atom is -0.496 e. The van der Waals surface area contributed by atoms with Crippen molar-refractivity contribution in [1.82, 2.24) is 4.90 Å². The molecular weight excluding hydrogens is 294 g/mol. The number of methoxy groups -OCH3 is 1. The molecule has 18 heavy (non-hydrogen) atoms. The van der Waals surface area contributed by atoms with Crippen LogP contribution in [0.25, 0.3) is 0 Å². The van der Waals surface area contributed by atoms with E-state index in [1.807, 2.05) is 30.1 Å². The van der Waals surface area contributed by atoms with Gasteiger partial charge in [-0.25, -0.2) is 4.99 Å². The summed E-state index contributed by atoms with van der Waals surface area (Å²) in [7, 11) is 3.66. The monoisotopic (exact) mass is 311 g/mol. The van der Waals surface area contributed by atoms with E-state index in [-0.39, 0.29) is 0 Å². The van der Waals surface area contributed by atoms with Gasteiger partial charge in [-0.1, -0.05) is 22.0 Å². The van der Waals surface area contributed by atoms with E-state index in [0.29, 0.717) is 18.5 Å². The van der Waals surface area contributed by atoms with Gasteiger partial charge in [-0.05, 0) is 25.0 Å². The smallest absolute Gasteiger partial charge is 0.191 e. The normalized spacial score (nSPS) is 15.6. The Balaban J connectivity index is 2.06. The molecular formula is C13H18BrN3O. The van der Waals surface area contributed by atoms with Crippen LogP contribution < -0.4 is 10.5 Å². The van der Waals surface area contributed by atoms with Crippen molar-refractivity contribution in [2.45, 2.75) is 25.4 Å². The average molecular weight is 312 g/mol. The maximum absolute atomic E-state index is 5.95. The molecule has 1 aliphatic carbocycles. The predicted molar refractivity (Wildman–Crippen MR) is 76.8 cm³/mol. The summed E-state index contributed by atoms with van der Waals surface area (Å²) in [6.07, 6.45) is 2.43. The second-order valence-corrected chi connectivity index (χ2v) is 5.39. The van der Waals surface area contributed by atoms with Gasteiger partial charge in [-0.15, -0.1) is 0 Å². The Bertz CT molecular complexity index is 458. The number of nitrogens with two attached hydrogens (primary N) is 1. The molecule has 0 amide bonds. The van der Waals surface area contributed by atoms with Gasteiger partial charge in [0.25, 0.3) is 0 Å². The molecule has 0 saturated heterocycles. The molecule has 0 heterocycles. The molecule has 0 aromatic heterocycles. The number of hydrogen-bond acceptors (Lipinski definition) is 2. The van der Waals surface area contributed by atoms with Crippen LogP contribution in [0.2, 0.25) is 0 Å². The van der Waals surface area contributed by atoms with Gasteiger partial charge in [0.15, 0.2) is 5.96 Å². The molecule has 98 valence electrons. The van der Waals surface area contributed by atoms with Crippen molar-refractivity contribution < 1.29 is 4.74 Å². The molecule has 2 rings (SSSR count). The summed E-state index contributed by atoms with van der Waals surface area (Å²) in [6.45, 7) is 0.541. The van der Waals surface area contributed by atoms with E-state index in [1.165, 1.54) is 12.8 Å². The summed E-state index contributed by atoms with van der Waals surface area (Å²) < 4.78 is 6.32. The minimum absolute atomic E-state index is 0.541. The third-order valence-corrected chi connectivity index (χ3v) is 3.61. The van der Waals surface area contributed by atoms with Crippen molar-refractivity contribution in [2.24, 2.45) is 10.7 Å². The first-order valence-corrected chi connectivity index (χ1v) is 6.76. The lowest BCUT2D eigenvalue weighted by atomic mass is 10.2. The highest BCUT2D eigenvalue weighted by Crippen LogP contribution is 2.26. The van der Waals surface area contributed by atoms with Crippen LogP contribution in [-0.2, 0) is 6.54 Å². The Hall–Kier alpha value is -1.23. The Morgan fingerprint density at radius 2 is 2.28 bits per heavy atom. The fourth-order valence-electron chi connectivity index (χ4n) is 1.78. The molecule has 1 aromatic carbocycles. The van der Waals surface area contributed by atoms with Crippen molar-refractivity contribution in [3.63, 3.8) is 0 Å². The average Bonchev–Trinajstić information content (AvgIpc) is 3.20. The number of hydrogen-bond donors (Lipinski definition) is 1. The fraction of sp³-hybridized carbons (Fsp3) is 0.462. The van der Waals surface area contributed by atoms with Gasteiger partial charge in [0.05, 0.1) is 13.7 Å². The van der Waals surface area contributed by atoms with Crippen molar-refractivity contribution >= 4 is 21.9 Å². The molecule has 1 fully saturated rings. The van der Waals surface area contributed by atoms with Gasteiger partial charge < -0.3 is 15.4 Å². The van der Waals surface area contributed by atoms with Gasteiger partial charge in [-0.3, -0.25) is 0 Å². The van der Waals surface area contributed by atoms with Crippen LogP contribution in [0.1, 0.15) is 18.4 Å². The third kappa shape index (κ3) is 3.16. The summed E-state index contributed by atoms with van der Waals surface area (Å²) in [4.78, 5) is 6.47. The molecule has 0 radical (unpaired) electrons. The van der Waals surface area contributed by atoms with Gasteiger partial charge in [0.2, 0.25) is 0 Å². The first-order chi connectivity index (χ1) is 8.61. The number of guanidine groups is 1. The first-order valence-electron chi connectivity index (χ1n) is 5.97. The van der Waals surface area contributed by atoms with Crippen molar-refractivity contribution in [3.8, 4) is 5.75 Å². The zero-order chi connectivity index (χ0) is 13.1. The molecule has 0 unspecified atom stereocenters. The Labute approximate surface area is 116 Å². The maximum atomic E-state index is 5.95. The number of benzene rings is 1. The quantitative estimate of drug-likeness (QED) is 0.686. The second-order valence-electron chi connectivity index (χ2n) is 4.47. The summed E-state index contributed by atoms with van der Waals surface area (Å²) in [5.74, 6) is 1.43. The van der Waals surface area contributed by atoms with Crippen LogP contribution in [0, 0.1) is 0 Å². The fourth-order valence-corrected chi connectivity index (χ4v) is 2.12. The molecule has 1 aliphatic rings. The lowest BCUT2D eigenvalue weighted by molar-refractivity contribution is 0.409. The van der Waals surface area contributed by atoms with Crippen molar-refractivity contribution in [3.05, 3.63) is 28.2 Å². The summed E-state index contributed by atoms with van der Waals surface area (Å²) in [5, 5.41) is 0. The van der Waals surface area contributed by atoms with Crippen molar-refractivity contribution in [1.29, 1.82) is 0 Å². The van der Waals surface area contributed by atoms with E-state index >= 15 is 0 Å². The van der Waals surface area contributed by atoms with Gasteiger partial charge >= 0.3 is 0 Å². The van der Waals surface area contributed by atoms with Crippen LogP contribution in [0.5, 0.6) is 5.75 Å². The molecule has 0 spiro atoms. The number of ether oxygens (including phenoxy) is 1. The maximum Gasteiger partial charge on any atom is 0.191 e. The molecule has 5 heteroatoms. The van der Waals surface area contributed by atoms with E-state index in [2.05, 4.69) is 20.9 Å². The summed E-state index contributed by atoms with van der Waals surface area (Å²) in [5.41, 5.74) is 6.99. The van der Waals surface area contributed by atoms with Crippen LogP contribution in [0.15, 0.2) is 27.7 Å². The topological polar surface area (TPSA) is 50.9 Å². The SMILES string of the molecule is COc1cc(Br)ccc1CN=C(N)N(C)C1CC1. The molecule has 1 saturated carbocycles. The molecule has 0 atom stereocenters. The first kappa shape index (κ1) is 13.2. The van der Waals surface area contributed by atoms with Crippen molar-refractivity contribution in [2.75, 3.05) is 14.2 Å². The summed E-state index contributed by atoms with van der Waals surface area (Å²) >= 11 is 3.42. The lowest BCUT2D eigenvalue weighted by Crippen LogP contribution is -2.35. The zero-order valence-electron chi connectivity index (χ0n) is 10.7. The predicted octanol–water partition coefficient (Wildman–Crippen LogP) is 2.37. The van der Waals surface area contributed by atoms with Gasteiger partial charge in [-0.2, -0.15) is 0 Å². The van der Waals surface area contributed by atoms with E-state index < -0.39 is 0 Å². The third-order valence-electron chi connectivity index (χ3n) is 3.12. The van der Waals surface area contributed by atoms with Gasteiger partial charge in [0.1, 0.15) is 5.75 Å². The highest BCUT2D eigenvalue weighted by atomic mass is 79.9. The van der Waals surface area contributed by atoms with Crippen LogP contribution in [-0.4, -0.2) is 31.1 Å². The molecule has 1 aromatic rings. The van der Waals surface area contributed by atoms with Crippen LogP contribution in [0.3, 0.4) is 0 Å². The summed E-state index contributed by atoms with van der Waals surface area (Å²) in [6, 6.07) is 6.50. The highest BCUT2D eigenvalue weighted by Gasteiger charge is 2.27. The van der Waals surface area contributed by atoms with Gasteiger partial charge in [0, 0.05) is 23.1 Å². The lowest BCUT2D eigenvalue weighted by Gasteiger charge is -2.17. The second kappa shape index (κ2) is 5.61.